The van der Waals surface area contributed by atoms with Gasteiger partial charge in [-0.15, -0.1) is 0 Å². The lowest BCUT2D eigenvalue weighted by atomic mass is 9.97. The molecule has 0 spiro atoms. The molecule has 0 saturated heterocycles. The summed E-state index contributed by atoms with van der Waals surface area (Å²) in [6.45, 7) is 3.65. The van der Waals surface area contributed by atoms with E-state index in [1.807, 2.05) is 24.3 Å². The van der Waals surface area contributed by atoms with Gasteiger partial charge in [-0.05, 0) is 62.8 Å². The predicted molar refractivity (Wildman–Crippen MR) is 95.0 cm³/mol. The molecular weight excluding hydrogens is 286 g/mol. The largest absolute Gasteiger partial charge is 0.494 e. The number of carbonyl (C=O) groups excluding carboxylic acids is 1. The third-order valence-corrected chi connectivity index (χ3v) is 4.25. The van der Waals surface area contributed by atoms with Crippen LogP contribution in [0.25, 0.3) is 0 Å². The quantitative estimate of drug-likeness (QED) is 0.521. The standard InChI is InChI=1S/C20H29NO2/c1-2-3-7-16-23-19-12-10-18(11-13-19)20(22)21-15-14-17-8-5-4-6-9-17/h8,10-13H,2-7,9,14-16H2,1H3,(H,21,22). The fourth-order valence-electron chi connectivity index (χ4n) is 2.81. The number of nitrogens with one attached hydrogen (secondary N) is 1. The highest BCUT2D eigenvalue weighted by molar-refractivity contribution is 5.94. The number of benzene rings is 1. The molecule has 23 heavy (non-hydrogen) atoms. The lowest BCUT2D eigenvalue weighted by Gasteiger charge is -2.13. The summed E-state index contributed by atoms with van der Waals surface area (Å²) in [6, 6.07) is 7.43. The number of allylic oxidation sites excluding steroid dienone is 1. The van der Waals surface area contributed by atoms with E-state index >= 15 is 0 Å². The maximum atomic E-state index is 12.1. The van der Waals surface area contributed by atoms with Crippen molar-refractivity contribution >= 4 is 5.91 Å². The van der Waals surface area contributed by atoms with E-state index in [1.165, 1.54) is 44.1 Å². The maximum Gasteiger partial charge on any atom is 0.251 e. The normalized spacial score (nSPS) is 14.2. The van der Waals surface area contributed by atoms with Crippen molar-refractivity contribution in [1.82, 2.24) is 5.32 Å². The van der Waals surface area contributed by atoms with E-state index in [2.05, 4.69) is 18.3 Å². The van der Waals surface area contributed by atoms with E-state index in [-0.39, 0.29) is 5.91 Å². The number of hydrogen-bond acceptors (Lipinski definition) is 2. The summed E-state index contributed by atoms with van der Waals surface area (Å²) in [5.41, 5.74) is 2.19. The zero-order chi connectivity index (χ0) is 16.3. The average Bonchev–Trinajstić information content (AvgIpc) is 2.60. The van der Waals surface area contributed by atoms with Crippen LogP contribution in [0.5, 0.6) is 5.75 Å². The van der Waals surface area contributed by atoms with Gasteiger partial charge in [-0.3, -0.25) is 4.79 Å². The smallest absolute Gasteiger partial charge is 0.251 e. The van der Waals surface area contributed by atoms with Crippen molar-refractivity contribution in [1.29, 1.82) is 0 Å². The molecule has 1 N–H and O–H groups in total. The van der Waals surface area contributed by atoms with E-state index in [9.17, 15) is 4.79 Å². The highest BCUT2D eigenvalue weighted by atomic mass is 16.5. The minimum absolute atomic E-state index is 0.000979. The molecule has 1 amide bonds. The molecule has 1 aromatic rings. The minimum Gasteiger partial charge on any atom is -0.494 e. The van der Waals surface area contributed by atoms with Crippen LogP contribution >= 0.6 is 0 Å². The first-order chi connectivity index (χ1) is 11.3. The summed E-state index contributed by atoms with van der Waals surface area (Å²) in [5.74, 6) is 0.837. The second-order valence-corrected chi connectivity index (χ2v) is 6.19. The molecule has 0 fully saturated rings. The number of ether oxygens (including phenoxy) is 1. The lowest BCUT2D eigenvalue weighted by Crippen LogP contribution is -2.24. The molecule has 0 atom stereocenters. The van der Waals surface area contributed by atoms with Crippen molar-refractivity contribution in [2.75, 3.05) is 13.2 Å². The Bertz CT molecular complexity index is 505. The van der Waals surface area contributed by atoms with Crippen LogP contribution in [0.2, 0.25) is 0 Å². The van der Waals surface area contributed by atoms with Gasteiger partial charge in [0.15, 0.2) is 0 Å². The molecule has 1 aliphatic rings. The Morgan fingerprint density at radius 1 is 1.17 bits per heavy atom. The van der Waals surface area contributed by atoms with Crippen LogP contribution in [0, 0.1) is 0 Å². The molecule has 0 aliphatic heterocycles. The molecule has 0 bridgehead atoms. The van der Waals surface area contributed by atoms with Crippen LogP contribution in [-0.2, 0) is 0 Å². The summed E-state index contributed by atoms with van der Waals surface area (Å²) in [5, 5.41) is 3.01. The van der Waals surface area contributed by atoms with Crippen molar-refractivity contribution in [3.05, 3.63) is 41.5 Å². The van der Waals surface area contributed by atoms with Crippen molar-refractivity contribution < 1.29 is 9.53 Å². The van der Waals surface area contributed by atoms with Gasteiger partial charge in [0.2, 0.25) is 0 Å². The number of unbranched alkanes of at least 4 members (excludes halogenated alkanes) is 2. The molecule has 0 unspecified atom stereocenters. The van der Waals surface area contributed by atoms with Gasteiger partial charge in [-0.1, -0.05) is 31.4 Å². The summed E-state index contributed by atoms with van der Waals surface area (Å²) in [4.78, 5) is 12.1. The number of rotatable bonds is 9. The van der Waals surface area contributed by atoms with E-state index < -0.39 is 0 Å². The Labute approximate surface area is 140 Å². The Hall–Kier alpha value is -1.77. The lowest BCUT2D eigenvalue weighted by molar-refractivity contribution is 0.0954. The third-order valence-electron chi connectivity index (χ3n) is 4.25. The molecule has 1 aromatic carbocycles. The summed E-state index contributed by atoms with van der Waals surface area (Å²) in [6.07, 6.45) is 11.8. The highest BCUT2D eigenvalue weighted by Gasteiger charge is 2.07. The Morgan fingerprint density at radius 3 is 2.70 bits per heavy atom. The topological polar surface area (TPSA) is 38.3 Å². The molecule has 126 valence electrons. The minimum atomic E-state index is -0.000979. The Balaban J connectivity index is 1.70. The van der Waals surface area contributed by atoms with Crippen LogP contribution in [-0.4, -0.2) is 19.1 Å². The summed E-state index contributed by atoms with van der Waals surface area (Å²) < 4.78 is 5.66. The van der Waals surface area contributed by atoms with Crippen LogP contribution in [0.4, 0.5) is 0 Å². The predicted octanol–water partition coefficient (Wildman–Crippen LogP) is 4.88. The molecule has 0 heterocycles. The van der Waals surface area contributed by atoms with Crippen LogP contribution in [0.1, 0.15) is 68.6 Å². The first kappa shape index (κ1) is 17.6. The molecule has 1 aliphatic carbocycles. The van der Waals surface area contributed by atoms with Crippen LogP contribution in [0.3, 0.4) is 0 Å². The number of hydrogen-bond donors (Lipinski definition) is 1. The van der Waals surface area contributed by atoms with Crippen molar-refractivity contribution in [2.45, 2.75) is 58.3 Å². The Kier molecular flexibility index (Phi) is 7.71. The van der Waals surface area contributed by atoms with Crippen molar-refractivity contribution in [2.24, 2.45) is 0 Å². The van der Waals surface area contributed by atoms with Crippen LogP contribution in [0.15, 0.2) is 35.9 Å². The van der Waals surface area contributed by atoms with E-state index in [4.69, 9.17) is 4.74 Å². The van der Waals surface area contributed by atoms with Crippen LogP contribution < -0.4 is 10.1 Å². The third kappa shape index (κ3) is 6.47. The number of carbonyl (C=O) groups is 1. The number of amides is 1. The van der Waals surface area contributed by atoms with E-state index in [0.29, 0.717) is 5.56 Å². The van der Waals surface area contributed by atoms with Gasteiger partial charge in [0.1, 0.15) is 5.75 Å². The molecular formula is C20H29NO2. The second-order valence-electron chi connectivity index (χ2n) is 6.19. The fourth-order valence-corrected chi connectivity index (χ4v) is 2.81. The zero-order valence-electron chi connectivity index (χ0n) is 14.3. The van der Waals surface area contributed by atoms with Crippen molar-refractivity contribution in [3.8, 4) is 5.75 Å². The van der Waals surface area contributed by atoms with Gasteiger partial charge in [0.25, 0.3) is 5.91 Å². The first-order valence-corrected chi connectivity index (χ1v) is 8.98. The maximum absolute atomic E-state index is 12.1. The van der Waals surface area contributed by atoms with Crippen molar-refractivity contribution in [3.63, 3.8) is 0 Å². The Morgan fingerprint density at radius 2 is 2.00 bits per heavy atom. The summed E-state index contributed by atoms with van der Waals surface area (Å²) >= 11 is 0. The highest BCUT2D eigenvalue weighted by Crippen LogP contribution is 2.19. The monoisotopic (exact) mass is 315 g/mol. The average molecular weight is 315 g/mol. The van der Waals surface area contributed by atoms with Gasteiger partial charge in [0, 0.05) is 12.1 Å². The van der Waals surface area contributed by atoms with E-state index in [0.717, 1.165) is 31.7 Å². The van der Waals surface area contributed by atoms with E-state index in [1.54, 1.807) is 0 Å². The van der Waals surface area contributed by atoms with Gasteiger partial charge >= 0.3 is 0 Å². The van der Waals surface area contributed by atoms with Gasteiger partial charge in [0.05, 0.1) is 6.61 Å². The first-order valence-electron chi connectivity index (χ1n) is 8.98. The van der Waals surface area contributed by atoms with Gasteiger partial charge in [-0.25, -0.2) is 0 Å². The molecule has 3 heteroatoms. The van der Waals surface area contributed by atoms with Gasteiger partial charge < -0.3 is 10.1 Å². The molecule has 0 saturated carbocycles. The molecule has 0 aromatic heterocycles. The zero-order valence-corrected chi connectivity index (χ0v) is 14.3. The fraction of sp³-hybridized carbons (Fsp3) is 0.550. The molecule has 0 radical (unpaired) electrons. The molecule has 2 rings (SSSR count). The SMILES string of the molecule is CCCCCOc1ccc(C(=O)NCCC2=CCCCC2)cc1. The summed E-state index contributed by atoms with van der Waals surface area (Å²) in [7, 11) is 0. The second kappa shape index (κ2) is 10.1. The molecule has 3 nitrogen and oxygen atoms in total. The van der Waals surface area contributed by atoms with Gasteiger partial charge in [-0.2, -0.15) is 0 Å².